The molecule has 7 heteroatoms. The van der Waals surface area contributed by atoms with Gasteiger partial charge in [0.2, 0.25) is 0 Å². The molecular weight excluding hydrogens is 454 g/mol. The van der Waals surface area contributed by atoms with Gasteiger partial charge in [-0.05, 0) is 64.4 Å². The van der Waals surface area contributed by atoms with E-state index in [0.29, 0.717) is 19.1 Å². The van der Waals surface area contributed by atoms with Crippen molar-refractivity contribution >= 4 is 11.8 Å². The number of amides is 1. The van der Waals surface area contributed by atoms with Crippen molar-refractivity contribution in [2.75, 3.05) is 44.4 Å². The summed E-state index contributed by atoms with van der Waals surface area (Å²) in [6.07, 6.45) is 8.49. The summed E-state index contributed by atoms with van der Waals surface area (Å²) in [6.45, 7) is 10.4. The third-order valence-corrected chi connectivity index (χ3v) is 6.86. The van der Waals surface area contributed by atoms with Crippen molar-refractivity contribution in [2.24, 2.45) is 5.92 Å². The van der Waals surface area contributed by atoms with E-state index in [-0.39, 0.29) is 12.1 Å². The molecule has 0 radical (unpaired) electrons. The molecule has 3 heterocycles. The number of nitrogens with zero attached hydrogens (tertiary/aromatic N) is 3. The number of piperidine rings is 1. The Labute approximate surface area is 215 Å². The number of likely N-dealkylation sites (tertiary alicyclic amines) is 1. The minimum atomic E-state index is -0.495. The molecule has 0 unspecified atom stereocenters. The summed E-state index contributed by atoms with van der Waals surface area (Å²) in [6, 6.07) is 12.6. The highest BCUT2D eigenvalue weighted by Crippen LogP contribution is 2.27. The summed E-state index contributed by atoms with van der Waals surface area (Å²) in [5.41, 5.74) is 1.92. The number of benzene rings is 1. The molecule has 36 heavy (non-hydrogen) atoms. The number of pyridine rings is 1. The fourth-order valence-electron chi connectivity index (χ4n) is 4.86. The second kappa shape index (κ2) is 12.4. The summed E-state index contributed by atoms with van der Waals surface area (Å²) in [5, 5.41) is 0. The first-order chi connectivity index (χ1) is 17.4. The molecule has 196 valence electrons. The number of anilines is 1. The maximum Gasteiger partial charge on any atom is 0.410 e. The topological polar surface area (TPSA) is 64.1 Å². The van der Waals surface area contributed by atoms with Crippen molar-refractivity contribution in [3.05, 3.63) is 54.4 Å². The maximum absolute atomic E-state index is 12.5. The lowest BCUT2D eigenvalue weighted by Gasteiger charge is -2.33. The summed E-state index contributed by atoms with van der Waals surface area (Å²) < 4.78 is 17.6. The van der Waals surface area contributed by atoms with Gasteiger partial charge >= 0.3 is 6.09 Å². The van der Waals surface area contributed by atoms with E-state index in [1.54, 1.807) is 11.1 Å². The second-order valence-electron chi connectivity index (χ2n) is 10.9. The van der Waals surface area contributed by atoms with Gasteiger partial charge in [-0.2, -0.15) is 0 Å². The molecular formula is C29H41N3O4. The highest BCUT2D eigenvalue weighted by atomic mass is 16.6. The van der Waals surface area contributed by atoms with Gasteiger partial charge in [0.25, 0.3) is 0 Å². The predicted molar refractivity (Wildman–Crippen MR) is 142 cm³/mol. The maximum atomic E-state index is 12.5. The van der Waals surface area contributed by atoms with E-state index in [9.17, 15) is 4.79 Å². The Kier molecular flexibility index (Phi) is 9.08. The molecule has 0 saturated carbocycles. The van der Waals surface area contributed by atoms with Gasteiger partial charge in [0.05, 0.1) is 30.7 Å². The van der Waals surface area contributed by atoms with Crippen LogP contribution in [-0.4, -0.2) is 67.1 Å². The first-order valence-corrected chi connectivity index (χ1v) is 13.3. The third kappa shape index (κ3) is 7.85. The van der Waals surface area contributed by atoms with Gasteiger partial charge in [0.1, 0.15) is 18.0 Å². The Morgan fingerprint density at radius 2 is 1.81 bits per heavy atom. The van der Waals surface area contributed by atoms with Crippen LogP contribution in [0.15, 0.2) is 48.8 Å². The van der Waals surface area contributed by atoms with Crippen molar-refractivity contribution in [2.45, 2.75) is 64.5 Å². The lowest BCUT2D eigenvalue weighted by Crippen LogP contribution is -2.42. The molecule has 1 amide bonds. The molecule has 2 saturated heterocycles. The van der Waals surface area contributed by atoms with Crippen LogP contribution in [0.5, 0.6) is 5.75 Å². The lowest BCUT2D eigenvalue weighted by atomic mass is 9.97. The molecule has 0 spiro atoms. The lowest BCUT2D eigenvalue weighted by molar-refractivity contribution is 0.0187. The number of hydrogen-bond acceptors (Lipinski definition) is 6. The zero-order chi connectivity index (χ0) is 25.4. The highest BCUT2D eigenvalue weighted by molar-refractivity contribution is 5.69. The minimum Gasteiger partial charge on any atom is -0.490 e. The molecule has 1 atom stereocenters. The van der Waals surface area contributed by atoms with Crippen molar-refractivity contribution in [3.63, 3.8) is 0 Å². The first-order valence-electron chi connectivity index (χ1n) is 13.3. The van der Waals surface area contributed by atoms with Crippen LogP contribution in [0.3, 0.4) is 0 Å². The van der Waals surface area contributed by atoms with Gasteiger partial charge < -0.3 is 24.0 Å². The number of hydrogen-bond donors (Lipinski definition) is 0. The highest BCUT2D eigenvalue weighted by Gasteiger charge is 2.32. The number of carbonyl (C=O) groups excluding carboxylic acids is 1. The molecule has 2 aliphatic rings. The Morgan fingerprint density at radius 3 is 2.56 bits per heavy atom. The standard InChI is InChI=1S/C29H41N3O4/c1-29(2,3)36-28(33)32-14-7-10-25(32)22-35-27-18-26(19-30-20-27)31-15-11-24(12-16-31)21-34-17-13-23-8-5-4-6-9-23/h4-6,8-9,18-20,24-25H,7,10-17,21-22H2,1-3H3/t25-/m0/s1. The number of ether oxygens (including phenoxy) is 3. The van der Waals surface area contributed by atoms with Crippen molar-refractivity contribution in [1.29, 1.82) is 0 Å². The molecule has 7 nitrogen and oxygen atoms in total. The average Bonchev–Trinajstić information content (AvgIpc) is 3.35. The molecule has 1 aromatic heterocycles. The summed E-state index contributed by atoms with van der Waals surface area (Å²) in [7, 11) is 0. The quantitative estimate of drug-likeness (QED) is 0.438. The van der Waals surface area contributed by atoms with Crippen molar-refractivity contribution in [1.82, 2.24) is 9.88 Å². The monoisotopic (exact) mass is 495 g/mol. The molecule has 2 aromatic rings. The van der Waals surface area contributed by atoms with E-state index in [1.807, 2.05) is 33.0 Å². The zero-order valence-corrected chi connectivity index (χ0v) is 22.0. The van der Waals surface area contributed by atoms with Gasteiger partial charge in [-0.25, -0.2) is 4.79 Å². The molecule has 2 aliphatic heterocycles. The van der Waals surface area contributed by atoms with Gasteiger partial charge in [-0.1, -0.05) is 30.3 Å². The second-order valence-corrected chi connectivity index (χ2v) is 10.9. The van der Waals surface area contributed by atoms with Crippen LogP contribution in [-0.2, 0) is 15.9 Å². The summed E-state index contributed by atoms with van der Waals surface area (Å²) >= 11 is 0. The molecule has 4 rings (SSSR count). The van der Waals surface area contributed by atoms with Crippen LogP contribution in [0.2, 0.25) is 0 Å². The van der Waals surface area contributed by atoms with E-state index >= 15 is 0 Å². The molecule has 0 N–H and O–H groups in total. The van der Waals surface area contributed by atoms with Crippen LogP contribution in [0.1, 0.15) is 52.0 Å². The fraction of sp³-hybridized carbons (Fsp3) is 0.586. The first kappa shape index (κ1) is 26.3. The molecule has 0 aliphatic carbocycles. The van der Waals surface area contributed by atoms with Crippen LogP contribution >= 0.6 is 0 Å². The Hall–Kier alpha value is -2.80. The fourth-order valence-corrected chi connectivity index (χ4v) is 4.86. The van der Waals surface area contributed by atoms with Crippen molar-refractivity contribution < 1.29 is 19.0 Å². The van der Waals surface area contributed by atoms with Gasteiger partial charge in [0.15, 0.2) is 0 Å². The van der Waals surface area contributed by atoms with Gasteiger partial charge in [0, 0.05) is 32.3 Å². The van der Waals surface area contributed by atoms with Crippen LogP contribution in [0, 0.1) is 5.92 Å². The van der Waals surface area contributed by atoms with Crippen LogP contribution in [0.25, 0.3) is 0 Å². The largest absolute Gasteiger partial charge is 0.490 e. The predicted octanol–water partition coefficient (Wildman–Crippen LogP) is 5.34. The van der Waals surface area contributed by atoms with Crippen molar-refractivity contribution in [3.8, 4) is 5.75 Å². The normalized spacial score (nSPS) is 18.9. The SMILES string of the molecule is CC(C)(C)OC(=O)N1CCC[C@H]1COc1cncc(N2CCC(COCCc3ccccc3)CC2)c1. The van der Waals surface area contributed by atoms with E-state index in [1.165, 1.54) is 5.56 Å². The van der Waals surface area contributed by atoms with E-state index < -0.39 is 5.60 Å². The number of carbonyl (C=O) groups is 1. The molecule has 2 fully saturated rings. The Balaban J connectivity index is 1.19. The van der Waals surface area contributed by atoms with Crippen LogP contribution < -0.4 is 9.64 Å². The van der Waals surface area contributed by atoms with E-state index in [4.69, 9.17) is 14.2 Å². The number of rotatable bonds is 9. The minimum absolute atomic E-state index is 0.0288. The Bertz CT molecular complexity index is 954. The smallest absolute Gasteiger partial charge is 0.410 e. The number of aromatic nitrogens is 1. The van der Waals surface area contributed by atoms with Gasteiger partial charge in [-0.3, -0.25) is 4.98 Å². The van der Waals surface area contributed by atoms with E-state index in [2.05, 4.69) is 40.2 Å². The molecule has 0 bridgehead atoms. The average molecular weight is 496 g/mol. The third-order valence-electron chi connectivity index (χ3n) is 6.86. The Morgan fingerprint density at radius 1 is 1.03 bits per heavy atom. The van der Waals surface area contributed by atoms with E-state index in [0.717, 1.165) is 69.8 Å². The summed E-state index contributed by atoms with van der Waals surface area (Å²) in [4.78, 5) is 21.1. The zero-order valence-electron chi connectivity index (χ0n) is 22.0. The summed E-state index contributed by atoms with van der Waals surface area (Å²) in [5.74, 6) is 1.35. The molecule has 1 aromatic carbocycles. The van der Waals surface area contributed by atoms with Crippen LogP contribution in [0.4, 0.5) is 10.5 Å². The van der Waals surface area contributed by atoms with Gasteiger partial charge in [-0.15, -0.1) is 0 Å².